The fraction of sp³-hybridized carbons (Fsp3) is 0.231. The maximum atomic E-state index is 12.3. The van der Waals surface area contributed by atoms with E-state index in [9.17, 15) is 9.59 Å². The van der Waals surface area contributed by atoms with E-state index in [0.29, 0.717) is 43.4 Å². The first kappa shape index (κ1) is 24.6. The summed E-state index contributed by atoms with van der Waals surface area (Å²) in [7, 11) is 1.58. The van der Waals surface area contributed by atoms with Crippen LogP contribution in [-0.2, 0) is 9.53 Å². The summed E-state index contributed by atoms with van der Waals surface area (Å²) in [5.74, 6) is 1.08. The standard InChI is InChI=1S/C26H29N3O5/c1-32-15-14-27-26(31)20-10-12-21(13-11-20)29-25(30)19-28-22-6-5-9-24(18-22)34-17-16-33-23-7-3-2-4-8-23/h2-13,18,28H,14-17,19H2,1H3,(H,27,31)(H,29,30). The molecule has 8 heteroatoms. The lowest BCUT2D eigenvalue weighted by atomic mass is 10.2. The van der Waals surface area contributed by atoms with Crippen molar-refractivity contribution in [3.8, 4) is 11.5 Å². The highest BCUT2D eigenvalue weighted by Crippen LogP contribution is 2.17. The molecule has 0 fully saturated rings. The topological polar surface area (TPSA) is 97.9 Å². The Morgan fingerprint density at radius 1 is 0.765 bits per heavy atom. The van der Waals surface area contributed by atoms with Crippen molar-refractivity contribution in [1.82, 2.24) is 5.32 Å². The fourth-order valence-electron chi connectivity index (χ4n) is 2.99. The molecule has 2 amide bonds. The second-order valence-electron chi connectivity index (χ2n) is 7.27. The third-order valence-electron chi connectivity index (χ3n) is 4.67. The maximum absolute atomic E-state index is 12.3. The van der Waals surface area contributed by atoms with Crippen molar-refractivity contribution in [1.29, 1.82) is 0 Å². The summed E-state index contributed by atoms with van der Waals surface area (Å²) in [6.07, 6.45) is 0. The third kappa shape index (κ3) is 8.48. The predicted molar refractivity (Wildman–Crippen MR) is 132 cm³/mol. The molecule has 0 spiro atoms. The van der Waals surface area contributed by atoms with Crippen molar-refractivity contribution in [3.63, 3.8) is 0 Å². The van der Waals surface area contributed by atoms with E-state index < -0.39 is 0 Å². The largest absolute Gasteiger partial charge is 0.490 e. The molecule has 8 nitrogen and oxygen atoms in total. The number of rotatable bonds is 13. The van der Waals surface area contributed by atoms with Crippen LogP contribution in [0.4, 0.5) is 11.4 Å². The molecule has 0 bridgehead atoms. The Hall–Kier alpha value is -4.04. The van der Waals surface area contributed by atoms with E-state index in [1.54, 1.807) is 31.4 Å². The number of benzene rings is 3. The van der Waals surface area contributed by atoms with Gasteiger partial charge in [-0.15, -0.1) is 0 Å². The van der Waals surface area contributed by atoms with Crippen LogP contribution in [0, 0.1) is 0 Å². The molecule has 0 radical (unpaired) electrons. The molecule has 3 N–H and O–H groups in total. The molecular weight excluding hydrogens is 434 g/mol. The van der Waals surface area contributed by atoms with E-state index in [-0.39, 0.29) is 18.4 Å². The molecule has 0 heterocycles. The van der Waals surface area contributed by atoms with Gasteiger partial charge in [-0.1, -0.05) is 24.3 Å². The summed E-state index contributed by atoms with van der Waals surface area (Å²) in [6, 6.07) is 23.6. The highest BCUT2D eigenvalue weighted by Gasteiger charge is 2.07. The minimum Gasteiger partial charge on any atom is -0.490 e. The molecule has 0 aliphatic carbocycles. The summed E-state index contributed by atoms with van der Waals surface area (Å²) < 4.78 is 16.3. The Labute approximate surface area is 199 Å². The van der Waals surface area contributed by atoms with Crippen LogP contribution in [0.15, 0.2) is 78.9 Å². The number of ether oxygens (including phenoxy) is 3. The summed E-state index contributed by atoms with van der Waals surface area (Å²) >= 11 is 0. The van der Waals surface area contributed by atoms with Crippen molar-refractivity contribution < 1.29 is 23.8 Å². The number of hydrogen-bond donors (Lipinski definition) is 3. The number of carbonyl (C=O) groups is 2. The van der Waals surface area contributed by atoms with Crippen LogP contribution in [0.25, 0.3) is 0 Å². The second-order valence-corrected chi connectivity index (χ2v) is 7.27. The smallest absolute Gasteiger partial charge is 0.251 e. The highest BCUT2D eigenvalue weighted by atomic mass is 16.5. The molecule has 0 aromatic heterocycles. The summed E-state index contributed by atoms with van der Waals surface area (Å²) in [5.41, 5.74) is 1.88. The van der Waals surface area contributed by atoms with Gasteiger partial charge in [0.05, 0.1) is 13.2 Å². The first-order valence-corrected chi connectivity index (χ1v) is 11.0. The van der Waals surface area contributed by atoms with Gasteiger partial charge in [-0.3, -0.25) is 9.59 Å². The van der Waals surface area contributed by atoms with Crippen LogP contribution in [0.1, 0.15) is 10.4 Å². The number of para-hydroxylation sites is 1. The molecule has 0 saturated carbocycles. The van der Waals surface area contributed by atoms with Gasteiger partial charge < -0.3 is 30.2 Å². The first-order chi connectivity index (χ1) is 16.6. The van der Waals surface area contributed by atoms with Gasteiger partial charge in [-0.2, -0.15) is 0 Å². The van der Waals surface area contributed by atoms with Gasteiger partial charge in [0.1, 0.15) is 24.7 Å². The van der Waals surface area contributed by atoms with E-state index in [2.05, 4.69) is 16.0 Å². The van der Waals surface area contributed by atoms with Gasteiger partial charge in [-0.05, 0) is 48.5 Å². The molecule has 0 saturated heterocycles. The summed E-state index contributed by atoms with van der Waals surface area (Å²) in [5, 5.41) is 8.63. The number of hydrogen-bond acceptors (Lipinski definition) is 6. The van der Waals surface area contributed by atoms with E-state index in [4.69, 9.17) is 14.2 Å². The first-order valence-electron chi connectivity index (χ1n) is 11.0. The van der Waals surface area contributed by atoms with Gasteiger partial charge >= 0.3 is 0 Å². The molecule has 0 aliphatic rings. The van der Waals surface area contributed by atoms with Crippen molar-refractivity contribution >= 4 is 23.2 Å². The highest BCUT2D eigenvalue weighted by molar-refractivity contribution is 5.96. The Kier molecular flexibility index (Phi) is 9.76. The number of anilines is 2. The average molecular weight is 464 g/mol. The van der Waals surface area contributed by atoms with Gasteiger partial charge in [0.15, 0.2) is 0 Å². The van der Waals surface area contributed by atoms with Crippen LogP contribution >= 0.6 is 0 Å². The number of carbonyl (C=O) groups excluding carboxylic acids is 2. The molecule has 3 rings (SSSR count). The normalized spacial score (nSPS) is 10.3. The Morgan fingerprint density at radius 3 is 2.21 bits per heavy atom. The average Bonchev–Trinajstić information content (AvgIpc) is 2.87. The van der Waals surface area contributed by atoms with Gasteiger partial charge in [0, 0.05) is 36.7 Å². The van der Waals surface area contributed by atoms with Gasteiger partial charge in [0.2, 0.25) is 5.91 Å². The quantitative estimate of drug-likeness (QED) is 0.335. The van der Waals surface area contributed by atoms with Crippen molar-refractivity contribution in [2.24, 2.45) is 0 Å². The zero-order valence-electron chi connectivity index (χ0n) is 19.1. The summed E-state index contributed by atoms with van der Waals surface area (Å²) in [6.45, 7) is 1.80. The Balaban J connectivity index is 1.39. The van der Waals surface area contributed by atoms with E-state index in [0.717, 1.165) is 11.4 Å². The Bertz CT molecular complexity index is 1040. The van der Waals surface area contributed by atoms with Crippen LogP contribution in [-0.4, -0.2) is 51.8 Å². The van der Waals surface area contributed by atoms with Crippen LogP contribution in [0.2, 0.25) is 0 Å². The monoisotopic (exact) mass is 463 g/mol. The van der Waals surface area contributed by atoms with Crippen LogP contribution in [0.3, 0.4) is 0 Å². The minimum absolute atomic E-state index is 0.0832. The molecule has 3 aromatic carbocycles. The molecule has 34 heavy (non-hydrogen) atoms. The van der Waals surface area contributed by atoms with Gasteiger partial charge in [-0.25, -0.2) is 0 Å². The fourth-order valence-corrected chi connectivity index (χ4v) is 2.99. The maximum Gasteiger partial charge on any atom is 0.251 e. The molecule has 3 aromatic rings. The molecule has 178 valence electrons. The third-order valence-corrected chi connectivity index (χ3v) is 4.67. The van der Waals surface area contributed by atoms with Crippen molar-refractivity contribution in [2.75, 3.05) is 50.7 Å². The number of amides is 2. The Morgan fingerprint density at radius 2 is 1.47 bits per heavy atom. The summed E-state index contributed by atoms with van der Waals surface area (Å²) in [4.78, 5) is 24.3. The lowest BCUT2D eigenvalue weighted by Crippen LogP contribution is -2.27. The lowest BCUT2D eigenvalue weighted by Gasteiger charge is -2.11. The second kappa shape index (κ2) is 13.5. The zero-order chi connectivity index (χ0) is 24.0. The molecular formula is C26H29N3O5. The van der Waals surface area contributed by atoms with Gasteiger partial charge in [0.25, 0.3) is 5.91 Å². The van der Waals surface area contributed by atoms with E-state index in [1.807, 2.05) is 54.6 Å². The lowest BCUT2D eigenvalue weighted by molar-refractivity contribution is -0.114. The number of methoxy groups -OCH3 is 1. The SMILES string of the molecule is COCCNC(=O)c1ccc(NC(=O)CNc2cccc(OCCOc3ccccc3)c2)cc1. The van der Waals surface area contributed by atoms with Crippen LogP contribution in [0.5, 0.6) is 11.5 Å². The van der Waals surface area contributed by atoms with Crippen molar-refractivity contribution in [2.45, 2.75) is 0 Å². The number of nitrogens with one attached hydrogen (secondary N) is 3. The van der Waals surface area contributed by atoms with Crippen LogP contribution < -0.4 is 25.4 Å². The minimum atomic E-state index is -0.208. The molecule has 0 atom stereocenters. The predicted octanol–water partition coefficient (Wildman–Crippen LogP) is 3.57. The molecule has 0 aliphatic heterocycles. The molecule has 0 unspecified atom stereocenters. The van der Waals surface area contributed by atoms with E-state index in [1.165, 1.54) is 0 Å². The van der Waals surface area contributed by atoms with Crippen molar-refractivity contribution in [3.05, 3.63) is 84.4 Å². The van der Waals surface area contributed by atoms with E-state index >= 15 is 0 Å². The zero-order valence-corrected chi connectivity index (χ0v) is 19.1.